The standard InChI is InChI=1S/C16H21BrN2O3/c1-10(19-16(20)7-11-3-2-4-18-11)12-8-14-15(9-13(12)17)22-6-5-21-14/h8-11,18H,2-7H2,1H3,(H,19,20). The van der Waals surface area contributed by atoms with Gasteiger partial charge in [-0.1, -0.05) is 15.9 Å². The minimum Gasteiger partial charge on any atom is -0.486 e. The first-order valence-corrected chi connectivity index (χ1v) is 8.54. The highest BCUT2D eigenvalue weighted by Crippen LogP contribution is 2.37. The Morgan fingerprint density at radius 3 is 2.82 bits per heavy atom. The van der Waals surface area contributed by atoms with E-state index in [1.165, 1.54) is 0 Å². The number of carbonyl (C=O) groups is 1. The molecule has 1 fully saturated rings. The number of benzene rings is 1. The number of rotatable bonds is 4. The molecule has 2 atom stereocenters. The number of hydrogen-bond acceptors (Lipinski definition) is 4. The van der Waals surface area contributed by atoms with Gasteiger partial charge in [-0.3, -0.25) is 4.79 Å². The molecular formula is C16H21BrN2O3. The van der Waals surface area contributed by atoms with Gasteiger partial charge in [-0.2, -0.15) is 0 Å². The van der Waals surface area contributed by atoms with Crippen molar-refractivity contribution in [1.29, 1.82) is 0 Å². The molecule has 0 spiro atoms. The average molecular weight is 369 g/mol. The topological polar surface area (TPSA) is 59.6 Å². The number of ether oxygens (including phenoxy) is 2. The van der Waals surface area contributed by atoms with E-state index in [2.05, 4.69) is 26.6 Å². The lowest BCUT2D eigenvalue weighted by atomic mass is 10.1. The molecule has 2 N–H and O–H groups in total. The zero-order chi connectivity index (χ0) is 15.5. The lowest BCUT2D eigenvalue weighted by Gasteiger charge is -2.23. The van der Waals surface area contributed by atoms with Crippen LogP contribution < -0.4 is 20.1 Å². The molecule has 6 heteroatoms. The van der Waals surface area contributed by atoms with Gasteiger partial charge in [0.2, 0.25) is 5.91 Å². The smallest absolute Gasteiger partial charge is 0.222 e. The average Bonchev–Trinajstić information content (AvgIpc) is 2.99. The number of nitrogens with one attached hydrogen (secondary N) is 2. The van der Waals surface area contributed by atoms with Crippen LogP contribution >= 0.6 is 15.9 Å². The van der Waals surface area contributed by atoms with Gasteiger partial charge in [0.05, 0.1) is 6.04 Å². The molecular weight excluding hydrogens is 348 g/mol. The van der Waals surface area contributed by atoms with Gasteiger partial charge in [0.15, 0.2) is 11.5 Å². The van der Waals surface area contributed by atoms with Crippen molar-refractivity contribution >= 4 is 21.8 Å². The van der Waals surface area contributed by atoms with Crippen molar-refractivity contribution in [1.82, 2.24) is 10.6 Å². The van der Waals surface area contributed by atoms with Crippen LogP contribution in [0.25, 0.3) is 0 Å². The molecule has 3 rings (SSSR count). The Hall–Kier alpha value is -1.27. The molecule has 1 saturated heterocycles. The van der Waals surface area contributed by atoms with Gasteiger partial charge in [-0.05, 0) is 44.0 Å². The Morgan fingerprint density at radius 1 is 1.41 bits per heavy atom. The summed E-state index contributed by atoms with van der Waals surface area (Å²) in [6, 6.07) is 4.08. The number of amides is 1. The van der Waals surface area contributed by atoms with E-state index in [1.54, 1.807) is 0 Å². The second kappa shape index (κ2) is 6.87. The summed E-state index contributed by atoms with van der Waals surface area (Å²) < 4.78 is 12.1. The fourth-order valence-electron chi connectivity index (χ4n) is 2.94. The zero-order valence-electron chi connectivity index (χ0n) is 12.7. The van der Waals surface area contributed by atoms with Crippen LogP contribution in [0.2, 0.25) is 0 Å². The van der Waals surface area contributed by atoms with E-state index >= 15 is 0 Å². The molecule has 0 aliphatic carbocycles. The van der Waals surface area contributed by atoms with Crippen LogP contribution in [0.4, 0.5) is 0 Å². The first kappa shape index (κ1) is 15.6. The minimum atomic E-state index is -0.0842. The minimum absolute atomic E-state index is 0.0775. The Morgan fingerprint density at radius 2 is 2.14 bits per heavy atom. The summed E-state index contributed by atoms with van der Waals surface area (Å²) in [6.07, 6.45) is 2.77. The summed E-state index contributed by atoms with van der Waals surface area (Å²) in [5.74, 6) is 1.56. The van der Waals surface area contributed by atoms with Crippen molar-refractivity contribution in [3.8, 4) is 11.5 Å². The molecule has 2 heterocycles. The second-order valence-electron chi connectivity index (χ2n) is 5.80. The van der Waals surface area contributed by atoms with Crippen LogP contribution in [0.15, 0.2) is 16.6 Å². The molecule has 120 valence electrons. The number of hydrogen-bond donors (Lipinski definition) is 2. The normalized spacial score (nSPS) is 21.5. The summed E-state index contributed by atoms with van der Waals surface area (Å²) in [4.78, 5) is 12.2. The van der Waals surface area contributed by atoms with Crippen LogP contribution in [0.5, 0.6) is 11.5 Å². The fourth-order valence-corrected chi connectivity index (χ4v) is 3.61. The van der Waals surface area contributed by atoms with E-state index in [4.69, 9.17) is 9.47 Å². The molecule has 0 bridgehead atoms. The van der Waals surface area contributed by atoms with Gasteiger partial charge in [0, 0.05) is 16.9 Å². The van der Waals surface area contributed by atoms with E-state index in [9.17, 15) is 4.79 Å². The third-order valence-electron chi connectivity index (χ3n) is 4.10. The first-order valence-electron chi connectivity index (χ1n) is 7.75. The molecule has 0 saturated carbocycles. The molecule has 0 radical (unpaired) electrons. The summed E-state index contributed by atoms with van der Waals surface area (Å²) in [5.41, 5.74) is 0.997. The van der Waals surface area contributed by atoms with Crippen LogP contribution in [0.3, 0.4) is 0 Å². The Labute approximate surface area is 138 Å². The molecule has 2 unspecified atom stereocenters. The van der Waals surface area contributed by atoms with Gasteiger partial charge in [0.1, 0.15) is 13.2 Å². The maximum absolute atomic E-state index is 12.2. The highest BCUT2D eigenvalue weighted by molar-refractivity contribution is 9.10. The molecule has 5 nitrogen and oxygen atoms in total. The SMILES string of the molecule is CC(NC(=O)CC1CCCN1)c1cc2c(cc1Br)OCCO2. The van der Waals surface area contributed by atoms with Gasteiger partial charge in [-0.25, -0.2) is 0 Å². The lowest BCUT2D eigenvalue weighted by molar-refractivity contribution is -0.122. The monoisotopic (exact) mass is 368 g/mol. The van der Waals surface area contributed by atoms with Crippen LogP contribution in [-0.2, 0) is 4.79 Å². The third-order valence-corrected chi connectivity index (χ3v) is 4.79. The molecule has 0 aromatic heterocycles. The number of fused-ring (bicyclic) bond motifs is 1. The summed E-state index contributed by atoms with van der Waals surface area (Å²) >= 11 is 3.55. The van der Waals surface area contributed by atoms with Crippen molar-refractivity contribution in [2.45, 2.75) is 38.3 Å². The van der Waals surface area contributed by atoms with E-state index in [0.717, 1.165) is 40.9 Å². The summed E-state index contributed by atoms with van der Waals surface area (Å²) in [5, 5.41) is 6.41. The van der Waals surface area contributed by atoms with Crippen molar-refractivity contribution < 1.29 is 14.3 Å². The number of carbonyl (C=O) groups excluding carboxylic acids is 1. The molecule has 1 aromatic rings. The Balaban J connectivity index is 1.66. The van der Waals surface area contributed by atoms with Crippen LogP contribution in [0, 0.1) is 0 Å². The largest absolute Gasteiger partial charge is 0.486 e. The molecule has 2 aliphatic heterocycles. The van der Waals surface area contributed by atoms with Crippen LogP contribution in [0.1, 0.15) is 37.8 Å². The van der Waals surface area contributed by atoms with Crippen molar-refractivity contribution in [2.24, 2.45) is 0 Å². The first-order chi connectivity index (χ1) is 10.6. The maximum Gasteiger partial charge on any atom is 0.222 e. The quantitative estimate of drug-likeness (QED) is 0.857. The Kier molecular flexibility index (Phi) is 4.88. The fraction of sp³-hybridized carbons (Fsp3) is 0.562. The number of halogens is 1. The predicted octanol–water partition coefficient (Wildman–Crippen LogP) is 2.54. The van der Waals surface area contributed by atoms with E-state index in [-0.39, 0.29) is 11.9 Å². The van der Waals surface area contributed by atoms with E-state index < -0.39 is 0 Å². The van der Waals surface area contributed by atoms with Crippen molar-refractivity contribution in [3.63, 3.8) is 0 Å². The molecule has 1 amide bonds. The van der Waals surface area contributed by atoms with Crippen LogP contribution in [-0.4, -0.2) is 31.7 Å². The predicted molar refractivity (Wildman–Crippen MR) is 87.3 cm³/mol. The van der Waals surface area contributed by atoms with Gasteiger partial charge < -0.3 is 20.1 Å². The summed E-state index contributed by atoms with van der Waals surface area (Å²) in [7, 11) is 0. The highest BCUT2D eigenvalue weighted by Gasteiger charge is 2.21. The maximum atomic E-state index is 12.2. The second-order valence-corrected chi connectivity index (χ2v) is 6.66. The summed E-state index contributed by atoms with van der Waals surface area (Å²) in [6.45, 7) is 4.12. The van der Waals surface area contributed by atoms with E-state index in [1.807, 2.05) is 19.1 Å². The Bertz CT molecular complexity index is 559. The third kappa shape index (κ3) is 3.55. The van der Waals surface area contributed by atoms with Crippen molar-refractivity contribution in [3.05, 3.63) is 22.2 Å². The van der Waals surface area contributed by atoms with E-state index in [0.29, 0.717) is 25.7 Å². The van der Waals surface area contributed by atoms with Gasteiger partial charge in [-0.15, -0.1) is 0 Å². The van der Waals surface area contributed by atoms with Gasteiger partial charge >= 0.3 is 0 Å². The molecule has 22 heavy (non-hydrogen) atoms. The highest BCUT2D eigenvalue weighted by atomic mass is 79.9. The lowest BCUT2D eigenvalue weighted by Crippen LogP contribution is -2.33. The van der Waals surface area contributed by atoms with Crippen molar-refractivity contribution in [2.75, 3.05) is 19.8 Å². The molecule has 1 aromatic carbocycles. The van der Waals surface area contributed by atoms with Gasteiger partial charge in [0.25, 0.3) is 0 Å². The zero-order valence-corrected chi connectivity index (χ0v) is 14.2. The molecule has 2 aliphatic rings.